The fourth-order valence-corrected chi connectivity index (χ4v) is 1.99. The van der Waals surface area contributed by atoms with E-state index in [2.05, 4.69) is 28.7 Å². The predicted molar refractivity (Wildman–Crippen MR) is 71.1 cm³/mol. The van der Waals surface area contributed by atoms with Crippen LogP contribution in [0.25, 0.3) is 11.0 Å². The summed E-state index contributed by atoms with van der Waals surface area (Å²) in [6.07, 6.45) is 0. The predicted octanol–water partition coefficient (Wildman–Crippen LogP) is 2.65. The van der Waals surface area contributed by atoms with Gasteiger partial charge in [0.15, 0.2) is 0 Å². The zero-order valence-electron chi connectivity index (χ0n) is 9.81. The van der Waals surface area contributed by atoms with E-state index >= 15 is 0 Å². The molecule has 0 radical (unpaired) electrons. The van der Waals surface area contributed by atoms with Crippen molar-refractivity contribution in [2.24, 2.45) is 0 Å². The first-order valence-corrected chi connectivity index (χ1v) is 6.00. The molecule has 4 heteroatoms. The number of hydrogen-bond acceptors (Lipinski definition) is 4. The Hall–Kier alpha value is -1.60. The highest BCUT2D eigenvalue weighted by atomic mass is 32.1. The van der Waals surface area contributed by atoms with E-state index < -0.39 is 5.41 Å². The fraction of sp³-hybridized carbons (Fsp3) is 0.308. The zero-order valence-corrected chi connectivity index (χ0v) is 10.7. The van der Waals surface area contributed by atoms with Gasteiger partial charge in [-0.1, -0.05) is 12.1 Å². The Bertz CT molecular complexity index is 603. The van der Waals surface area contributed by atoms with Gasteiger partial charge in [0.1, 0.15) is 5.41 Å². The van der Waals surface area contributed by atoms with Crippen molar-refractivity contribution >= 4 is 23.7 Å². The molecule has 2 aromatic rings. The van der Waals surface area contributed by atoms with E-state index in [0.717, 1.165) is 16.7 Å². The first kappa shape index (κ1) is 11.9. The van der Waals surface area contributed by atoms with Crippen LogP contribution in [0.4, 0.5) is 0 Å². The molecule has 0 saturated heterocycles. The number of nitriles is 1. The lowest BCUT2D eigenvalue weighted by Crippen LogP contribution is -2.25. The van der Waals surface area contributed by atoms with Crippen molar-refractivity contribution in [2.75, 3.05) is 5.75 Å². The van der Waals surface area contributed by atoms with Gasteiger partial charge in [0.05, 0.1) is 28.5 Å². The second-order valence-electron chi connectivity index (χ2n) is 4.25. The number of nitrogens with zero attached hydrogens (tertiary/aromatic N) is 3. The van der Waals surface area contributed by atoms with Gasteiger partial charge in [-0.3, -0.25) is 0 Å². The Morgan fingerprint density at radius 1 is 1.29 bits per heavy atom. The molecule has 3 nitrogen and oxygen atoms in total. The van der Waals surface area contributed by atoms with Crippen LogP contribution < -0.4 is 0 Å². The molecule has 0 aliphatic heterocycles. The van der Waals surface area contributed by atoms with Crippen LogP contribution in [0.15, 0.2) is 24.3 Å². The van der Waals surface area contributed by atoms with Gasteiger partial charge < -0.3 is 0 Å². The van der Waals surface area contributed by atoms with Crippen LogP contribution in [-0.4, -0.2) is 15.7 Å². The highest BCUT2D eigenvalue weighted by molar-refractivity contribution is 7.80. The number of hydrogen-bond donors (Lipinski definition) is 1. The summed E-state index contributed by atoms with van der Waals surface area (Å²) in [5.74, 6) is 0.428. The average Bonchev–Trinajstić information content (AvgIpc) is 2.37. The second kappa shape index (κ2) is 4.34. The van der Waals surface area contributed by atoms with Crippen LogP contribution in [0.2, 0.25) is 0 Å². The summed E-state index contributed by atoms with van der Waals surface area (Å²) in [7, 11) is 0. The largest absolute Gasteiger partial charge is 0.250 e. The number of fused-ring (bicyclic) bond motifs is 1. The minimum absolute atomic E-state index is 0.428. The smallest absolute Gasteiger partial charge is 0.107 e. The van der Waals surface area contributed by atoms with E-state index in [9.17, 15) is 5.26 Å². The minimum atomic E-state index is -0.690. The molecule has 1 unspecified atom stereocenters. The van der Waals surface area contributed by atoms with Crippen LogP contribution in [0.3, 0.4) is 0 Å². The van der Waals surface area contributed by atoms with Crippen molar-refractivity contribution in [3.63, 3.8) is 0 Å². The topological polar surface area (TPSA) is 49.6 Å². The Morgan fingerprint density at radius 3 is 2.41 bits per heavy atom. The van der Waals surface area contributed by atoms with E-state index in [0.29, 0.717) is 11.4 Å². The summed E-state index contributed by atoms with van der Waals surface area (Å²) in [6.45, 7) is 3.72. The van der Waals surface area contributed by atoms with E-state index in [1.165, 1.54) is 0 Å². The summed E-state index contributed by atoms with van der Waals surface area (Å²) < 4.78 is 0. The number of para-hydroxylation sites is 2. The van der Waals surface area contributed by atoms with Gasteiger partial charge in [0, 0.05) is 5.75 Å². The molecule has 86 valence electrons. The highest BCUT2D eigenvalue weighted by Gasteiger charge is 2.29. The minimum Gasteiger partial charge on any atom is -0.250 e. The van der Waals surface area contributed by atoms with Gasteiger partial charge in [-0.25, -0.2) is 9.97 Å². The molecule has 0 fully saturated rings. The molecule has 17 heavy (non-hydrogen) atoms. The Labute approximate surface area is 106 Å². The van der Waals surface area contributed by atoms with Gasteiger partial charge in [-0.2, -0.15) is 17.9 Å². The summed E-state index contributed by atoms with van der Waals surface area (Å²) in [6, 6.07) is 9.94. The summed E-state index contributed by atoms with van der Waals surface area (Å²) in [5.41, 5.74) is 2.49. The van der Waals surface area contributed by atoms with E-state index in [-0.39, 0.29) is 0 Å². The van der Waals surface area contributed by atoms with Crippen LogP contribution in [-0.2, 0) is 5.41 Å². The summed E-state index contributed by atoms with van der Waals surface area (Å²) in [5, 5.41) is 9.27. The van der Waals surface area contributed by atoms with Crippen LogP contribution in [0, 0.1) is 18.3 Å². The van der Waals surface area contributed by atoms with E-state index in [1.807, 2.05) is 38.1 Å². The summed E-state index contributed by atoms with van der Waals surface area (Å²) >= 11 is 4.24. The van der Waals surface area contributed by atoms with Crippen molar-refractivity contribution in [3.05, 3.63) is 35.7 Å². The molecular weight excluding hydrogens is 230 g/mol. The Morgan fingerprint density at radius 2 is 1.88 bits per heavy atom. The Kier molecular flexibility index (Phi) is 3.03. The number of thiol groups is 1. The van der Waals surface area contributed by atoms with E-state index in [4.69, 9.17) is 0 Å². The molecular formula is C13H13N3S. The molecule has 1 atom stereocenters. The lowest BCUT2D eigenvalue weighted by Gasteiger charge is -2.20. The lowest BCUT2D eigenvalue weighted by atomic mass is 9.89. The number of benzene rings is 1. The van der Waals surface area contributed by atoms with Gasteiger partial charge >= 0.3 is 0 Å². The molecule has 0 amide bonds. The third-order valence-electron chi connectivity index (χ3n) is 2.83. The standard InChI is InChI=1S/C13H13N3S/c1-9-12(13(2,7-14)8-17)16-11-6-4-3-5-10(11)15-9/h3-6,17H,8H2,1-2H3. The maximum Gasteiger partial charge on any atom is 0.107 e. The van der Waals surface area contributed by atoms with Gasteiger partial charge in [0.2, 0.25) is 0 Å². The number of aryl methyl sites for hydroxylation is 1. The van der Waals surface area contributed by atoms with Crippen molar-refractivity contribution in [1.29, 1.82) is 5.26 Å². The van der Waals surface area contributed by atoms with Crippen molar-refractivity contribution < 1.29 is 0 Å². The number of aromatic nitrogens is 2. The number of rotatable bonds is 2. The SMILES string of the molecule is Cc1nc2ccccc2nc1C(C)(C#N)CS. The maximum absolute atomic E-state index is 9.27. The average molecular weight is 243 g/mol. The molecule has 0 aliphatic carbocycles. The molecule has 2 rings (SSSR count). The van der Waals surface area contributed by atoms with E-state index in [1.54, 1.807) is 0 Å². The first-order chi connectivity index (χ1) is 8.10. The van der Waals surface area contributed by atoms with Crippen LogP contribution in [0.5, 0.6) is 0 Å². The first-order valence-electron chi connectivity index (χ1n) is 5.37. The van der Waals surface area contributed by atoms with Crippen LogP contribution >= 0.6 is 12.6 Å². The van der Waals surface area contributed by atoms with Crippen molar-refractivity contribution in [3.8, 4) is 6.07 Å². The monoisotopic (exact) mass is 243 g/mol. The highest BCUT2D eigenvalue weighted by Crippen LogP contribution is 2.26. The molecule has 0 N–H and O–H groups in total. The second-order valence-corrected chi connectivity index (χ2v) is 4.56. The third-order valence-corrected chi connectivity index (χ3v) is 3.46. The molecule has 0 spiro atoms. The van der Waals surface area contributed by atoms with Crippen molar-refractivity contribution in [2.45, 2.75) is 19.3 Å². The Balaban J connectivity index is 2.71. The quantitative estimate of drug-likeness (QED) is 0.825. The molecule has 0 aliphatic rings. The molecule has 1 aromatic carbocycles. The fourth-order valence-electron chi connectivity index (χ4n) is 1.77. The molecule has 1 heterocycles. The molecule has 0 bridgehead atoms. The molecule has 0 saturated carbocycles. The van der Waals surface area contributed by atoms with Crippen LogP contribution in [0.1, 0.15) is 18.3 Å². The van der Waals surface area contributed by atoms with Gasteiger partial charge in [-0.05, 0) is 26.0 Å². The normalized spacial score (nSPS) is 14.2. The summed E-state index contributed by atoms with van der Waals surface area (Å²) in [4.78, 5) is 9.04. The lowest BCUT2D eigenvalue weighted by molar-refractivity contribution is 0.664. The zero-order chi connectivity index (χ0) is 12.5. The van der Waals surface area contributed by atoms with Gasteiger partial charge in [-0.15, -0.1) is 0 Å². The third kappa shape index (κ3) is 1.98. The van der Waals surface area contributed by atoms with Gasteiger partial charge in [0.25, 0.3) is 0 Å². The molecule has 1 aromatic heterocycles. The van der Waals surface area contributed by atoms with Crippen molar-refractivity contribution in [1.82, 2.24) is 9.97 Å². The maximum atomic E-state index is 9.27.